The number of nitrogens with one attached hydrogen (secondary N) is 1. The lowest BCUT2D eigenvalue weighted by Crippen LogP contribution is -2.49. The van der Waals surface area contributed by atoms with Crippen LogP contribution in [0.5, 0.6) is 0 Å². The Morgan fingerprint density at radius 1 is 1.02 bits per heavy atom. The van der Waals surface area contributed by atoms with Gasteiger partial charge in [0.1, 0.15) is 40.5 Å². The molecule has 7 aromatic rings. The SMILES string of the molecule is CNC(=O)c1c(-c2ccc(F)cc2)oc2cc(N(C)S)c(-c3ccc4nc(C(C)N5CC(F)C5)n5c6cccc(F)c6cc5c4n3)cc12. The van der Waals surface area contributed by atoms with Gasteiger partial charge in [-0.25, -0.2) is 23.1 Å². The number of pyridine rings is 1. The van der Waals surface area contributed by atoms with Crippen LogP contribution in [0.1, 0.15) is 29.1 Å². The molecule has 5 heterocycles. The molecule has 3 aromatic carbocycles. The summed E-state index contributed by atoms with van der Waals surface area (Å²) in [4.78, 5) is 25.4. The van der Waals surface area contributed by atoms with Gasteiger partial charge in [0.05, 0.1) is 39.5 Å². The van der Waals surface area contributed by atoms with E-state index in [2.05, 4.69) is 18.1 Å². The second kappa shape index (κ2) is 11.3. The van der Waals surface area contributed by atoms with E-state index in [1.54, 1.807) is 41.7 Å². The molecule has 0 saturated carbocycles. The topological polar surface area (TPSA) is 78.9 Å². The summed E-state index contributed by atoms with van der Waals surface area (Å²) in [6.45, 7) is 2.60. The quantitative estimate of drug-likeness (QED) is 0.177. The van der Waals surface area contributed by atoms with Gasteiger partial charge in [0.25, 0.3) is 5.91 Å². The van der Waals surface area contributed by atoms with Gasteiger partial charge >= 0.3 is 0 Å². The first-order valence-electron chi connectivity index (χ1n) is 15.4. The number of fused-ring (bicyclic) bond motifs is 6. The van der Waals surface area contributed by atoms with Crippen molar-refractivity contribution in [2.75, 3.05) is 31.5 Å². The molecule has 1 N–H and O–H groups in total. The highest BCUT2D eigenvalue weighted by molar-refractivity contribution is 7.81. The van der Waals surface area contributed by atoms with Crippen molar-refractivity contribution in [3.63, 3.8) is 0 Å². The van der Waals surface area contributed by atoms with Gasteiger partial charge in [-0.15, -0.1) is 0 Å². The molecule has 1 unspecified atom stereocenters. The standard InChI is InChI=1S/C36H29F3N6O2S/c1-18(44-16-21(38)17-44)35-42-27-12-11-26(41-33(27)30-14-22-25(39)5-4-6-28(22)45(30)35)23-13-24-31(15-29(23)43(3)48)47-34(32(24)36(46)40-2)19-7-9-20(37)10-8-19/h4-15,18,21,48H,16-17H2,1-3H3,(H,40,46). The van der Waals surface area contributed by atoms with Gasteiger partial charge in [-0.05, 0) is 67.6 Å². The Bertz CT molecular complexity index is 2420. The molecule has 0 spiro atoms. The molecule has 242 valence electrons. The second-order valence-corrected chi connectivity index (χ2v) is 12.7. The number of thiol groups is 1. The molecule has 1 fully saturated rings. The number of furan rings is 1. The molecular formula is C36H29F3N6O2S. The van der Waals surface area contributed by atoms with E-state index < -0.39 is 12.0 Å². The summed E-state index contributed by atoms with van der Waals surface area (Å²) in [6.07, 6.45) is -0.881. The van der Waals surface area contributed by atoms with Crippen LogP contribution in [0.2, 0.25) is 0 Å². The van der Waals surface area contributed by atoms with E-state index >= 15 is 4.39 Å². The lowest BCUT2D eigenvalue weighted by atomic mass is 10.0. The molecule has 0 radical (unpaired) electrons. The smallest absolute Gasteiger partial charge is 0.255 e. The number of likely N-dealkylation sites (tertiary alicyclic amines) is 1. The van der Waals surface area contributed by atoms with Gasteiger partial charge in [-0.3, -0.25) is 14.1 Å². The molecule has 8 nitrogen and oxygen atoms in total. The summed E-state index contributed by atoms with van der Waals surface area (Å²) in [5, 5.41) is 3.66. The number of hydrogen-bond acceptors (Lipinski definition) is 7. The van der Waals surface area contributed by atoms with E-state index in [9.17, 15) is 13.6 Å². The number of hydrogen-bond donors (Lipinski definition) is 2. The van der Waals surface area contributed by atoms with Crippen LogP contribution in [0.25, 0.3) is 61.0 Å². The highest BCUT2D eigenvalue weighted by atomic mass is 32.1. The predicted molar refractivity (Wildman–Crippen MR) is 184 cm³/mol. The van der Waals surface area contributed by atoms with Gasteiger partial charge in [0.2, 0.25) is 0 Å². The number of rotatable bonds is 6. The molecule has 12 heteroatoms. The maximum absolute atomic E-state index is 15.2. The van der Waals surface area contributed by atoms with Crippen LogP contribution in [-0.2, 0) is 0 Å². The minimum atomic E-state index is -0.881. The number of aromatic nitrogens is 3. The highest BCUT2D eigenvalue weighted by Gasteiger charge is 2.33. The predicted octanol–water partition coefficient (Wildman–Crippen LogP) is 7.75. The van der Waals surface area contributed by atoms with Gasteiger partial charge in [0.15, 0.2) is 0 Å². The number of benzene rings is 3. The first-order valence-corrected chi connectivity index (χ1v) is 15.8. The van der Waals surface area contributed by atoms with Crippen molar-refractivity contribution in [3.8, 4) is 22.6 Å². The zero-order chi connectivity index (χ0) is 33.4. The maximum Gasteiger partial charge on any atom is 0.255 e. The molecule has 1 aliphatic rings. The number of halogens is 3. The third kappa shape index (κ3) is 4.69. The Kier molecular flexibility index (Phi) is 7.11. The second-order valence-electron chi connectivity index (χ2n) is 12.1. The highest BCUT2D eigenvalue weighted by Crippen LogP contribution is 2.42. The van der Waals surface area contributed by atoms with Gasteiger partial charge in [-0.1, -0.05) is 18.9 Å². The minimum Gasteiger partial charge on any atom is -0.455 e. The van der Waals surface area contributed by atoms with Crippen molar-refractivity contribution in [1.82, 2.24) is 24.6 Å². The van der Waals surface area contributed by atoms with Crippen LogP contribution in [0.15, 0.2) is 77.2 Å². The average molecular weight is 667 g/mol. The third-order valence-corrected chi connectivity index (χ3v) is 9.37. The summed E-state index contributed by atoms with van der Waals surface area (Å²) in [5.74, 6) is -0.170. The van der Waals surface area contributed by atoms with E-state index in [1.807, 2.05) is 40.5 Å². The number of amides is 1. The summed E-state index contributed by atoms with van der Waals surface area (Å²) in [7, 11) is 3.30. The number of nitrogens with zero attached hydrogens (tertiary/aromatic N) is 5. The van der Waals surface area contributed by atoms with Crippen LogP contribution in [0.4, 0.5) is 18.9 Å². The maximum atomic E-state index is 15.2. The van der Waals surface area contributed by atoms with Gasteiger partial charge < -0.3 is 14.0 Å². The lowest BCUT2D eigenvalue weighted by Gasteiger charge is -2.38. The Morgan fingerprint density at radius 3 is 2.50 bits per heavy atom. The van der Waals surface area contributed by atoms with Crippen molar-refractivity contribution in [1.29, 1.82) is 0 Å². The molecule has 1 atom stereocenters. The zero-order valence-electron chi connectivity index (χ0n) is 26.1. The summed E-state index contributed by atoms with van der Waals surface area (Å²) < 4.78 is 52.6. The number of anilines is 1. The number of carbonyl (C=O) groups excluding carboxylic acids is 1. The monoisotopic (exact) mass is 666 g/mol. The number of alkyl halides is 1. The summed E-state index contributed by atoms with van der Waals surface area (Å²) in [6, 6.07) is 19.5. The van der Waals surface area contributed by atoms with Crippen LogP contribution in [0.3, 0.4) is 0 Å². The van der Waals surface area contributed by atoms with E-state index in [0.29, 0.717) is 91.2 Å². The summed E-state index contributed by atoms with van der Waals surface area (Å²) in [5.41, 5.74) is 5.60. The molecular weight excluding hydrogens is 637 g/mol. The molecule has 1 amide bonds. The van der Waals surface area contributed by atoms with Crippen LogP contribution >= 0.6 is 12.8 Å². The van der Waals surface area contributed by atoms with Crippen molar-refractivity contribution in [2.24, 2.45) is 0 Å². The fourth-order valence-corrected chi connectivity index (χ4v) is 6.81. The van der Waals surface area contributed by atoms with Crippen LogP contribution < -0.4 is 9.62 Å². The Labute approximate surface area is 278 Å². The van der Waals surface area contributed by atoms with Crippen LogP contribution in [-0.4, -0.2) is 58.5 Å². The summed E-state index contributed by atoms with van der Waals surface area (Å²) >= 11 is 4.61. The molecule has 4 aromatic heterocycles. The van der Waals surface area contributed by atoms with E-state index in [0.717, 1.165) is 0 Å². The molecule has 48 heavy (non-hydrogen) atoms. The van der Waals surface area contributed by atoms with Crippen molar-refractivity contribution >= 4 is 62.8 Å². The van der Waals surface area contributed by atoms with Gasteiger partial charge in [-0.2, -0.15) is 0 Å². The first-order chi connectivity index (χ1) is 23.1. The zero-order valence-corrected chi connectivity index (χ0v) is 27.0. The molecule has 0 aliphatic carbocycles. The number of carbonyl (C=O) groups is 1. The normalized spacial score (nSPS) is 14.6. The third-order valence-electron chi connectivity index (χ3n) is 9.15. The molecule has 8 rings (SSSR count). The Balaban J connectivity index is 1.38. The van der Waals surface area contributed by atoms with Crippen molar-refractivity contribution in [2.45, 2.75) is 19.1 Å². The lowest BCUT2D eigenvalue weighted by molar-refractivity contribution is 0.0300. The van der Waals surface area contributed by atoms with E-state index in [4.69, 9.17) is 14.4 Å². The average Bonchev–Trinajstić information content (AvgIpc) is 3.65. The fourth-order valence-electron chi connectivity index (χ4n) is 6.64. The van der Waals surface area contributed by atoms with Crippen LogP contribution in [0, 0.1) is 11.6 Å². The van der Waals surface area contributed by atoms with Crippen molar-refractivity contribution in [3.05, 3.63) is 95.8 Å². The van der Waals surface area contributed by atoms with Gasteiger partial charge in [0, 0.05) is 55.2 Å². The molecule has 1 saturated heterocycles. The first kappa shape index (κ1) is 30.3. The van der Waals surface area contributed by atoms with E-state index in [-0.39, 0.29) is 17.8 Å². The Hall–Kier alpha value is -5.07. The van der Waals surface area contributed by atoms with E-state index in [1.165, 1.54) is 25.2 Å². The largest absolute Gasteiger partial charge is 0.455 e. The fraction of sp³-hybridized carbons (Fsp3) is 0.194. The Morgan fingerprint density at radius 2 is 1.79 bits per heavy atom. The molecule has 0 bridgehead atoms. The molecule has 1 aliphatic heterocycles. The minimum absolute atomic E-state index is 0.228. The van der Waals surface area contributed by atoms with Crippen molar-refractivity contribution < 1.29 is 22.4 Å².